The van der Waals surface area contributed by atoms with Crippen molar-refractivity contribution in [3.63, 3.8) is 0 Å². The van der Waals surface area contributed by atoms with Crippen LogP contribution in [0.3, 0.4) is 0 Å². The lowest BCUT2D eigenvalue weighted by Crippen LogP contribution is -2.43. The van der Waals surface area contributed by atoms with E-state index < -0.39 is 0 Å². The molecule has 1 aliphatic rings. The summed E-state index contributed by atoms with van der Waals surface area (Å²) < 4.78 is 0. The number of hydrogen-bond donors (Lipinski definition) is 2. The normalized spacial score (nSPS) is 17.5. The molecule has 0 spiro atoms. The Kier molecular flexibility index (Phi) is 5.92. The average molecular weight is 241 g/mol. The Hall–Kier alpha value is -0.610. The predicted octanol–water partition coefficient (Wildman–Crippen LogP) is 0.831. The number of likely N-dealkylation sites (N-methyl/N-ethyl adjacent to an activating group) is 1. The molecule has 0 bridgehead atoms. The summed E-state index contributed by atoms with van der Waals surface area (Å²) in [4.78, 5) is 13.9. The molecule has 0 aromatic heterocycles. The second kappa shape index (κ2) is 6.97. The third kappa shape index (κ3) is 6.03. The third-order valence-electron chi connectivity index (χ3n) is 3.25. The van der Waals surface area contributed by atoms with E-state index in [2.05, 4.69) is 43.4 Å². The van der Waals surface area contributed by atoms with Crippen molar-refractivity contribution >= 4 is 5.91 Å². The van der Waals surface area contributed by atoms with Crippen LogP contribution in [0, 0.1) is 5.92 Å². The number of hydrogen-bond acceptors (Lipinski definition) is 3. The van der Waals surface area contributed by atoms with Crippen LogP contribution in [0.1, 0.15) is 33.6 Å². The minimum atomic E-state index is 0.0972. The summed E-state index contributed by atoms with van der Waals surface area (Å²) in [5, 5.41) is 6.12. The average Bonchev–Trinajstić information content (AvgIpc) is 3.08. The Bertz CT molecular complexity index is 239. The second-order valence-electron chi connectivity index (χ2n) is 5.57. The van der Waals surface area contributed by atoms with Gasteiger partial charge in [0.15, 0.2) is 0 Å². The SMILES string of the molecule is CC(C)CNC(=O)CNCC(C)N(C)C1CC1. The highest BCUT2D eigenvalue weighted by Gasteiger charge is 2.28. The van der Waals surface area contributed by atoms with E-state index in [-0.39, 0.29) is 5.91 Å². The van der Waals surface area contributed by atoms with Crippen LogP contribution in [0.4, 0.5) is 0 Å². The molecule has 2 N–H and O–H groups in total. The van der Waals surface area contributed by atoms with Crippen molar-refractivity contribution in [1.29, 1.82) is 0 Å². The zero-order valence-electron chi connectivity index (χ0n) is 11.6. The van der Waals surface area contributed by atoms with Gasteiger partial charge in [-0.2, -0.15) is 0 Å². The van der Waals surface area contributed by atoms with Gasteiger partial charge in [0.1, 0.15) is 0 Å². The fraction of sp³-hybridized carbons (Fsp3) is 0.923. The van der Waals surface area contributed by atoms with Gasteiger partial charge in [-0.1, -0.05) is 13.8 Å². The van der Waals surface area contributed by atoms with E-state index in [4.69, 9.17) is 0 Å². The fourth-order valence-corrected chi connectivity index (χ4v) is 1.76. The highest BCUT2D eigenvalue weighted by molar-refractivity contribution is 5.77. The minimum Gasteiger partial charge on any atom is -0.355 e. The molecular weight excluding hydrogens is 214 g/mol. The molecule has 0 aromatic carbocycles. The number of nitrogens with one attached hydrogen (secondary N) is 2. The largest absolute Gasteiger partial charge is 0.355 e. The van der Waals surface area contributed by atoms with E-state index in [1.165, 1.54) is 12.8 Å². The van der Waals surface area contributed by atoms with Crippen molar-refractivity contribution < 1.29 is 4.79 Å². The monoisotopic (exact) mass is 241 g/mol. The highest BCUT2D eigenvalue weighted by atomic mass is 16.1. The van der Waals surface area contributed by atoms with Crippen LogP contribution in [0.5, 0.6) is 0 Å². The van der Waals surface area contributed by atoms with E-state index in [0.717, 1.165) is 19.1 Å². The van der Waals surface area contributed by atoms with Crippen LogP contribution in [-0.2, 0) is 4.79 Å². The number of amides is 1. The van der Waals surface area contributed by atoms with Crippen LogP contribution in [0.15, 0.2) is 0 Å². The summed E-state index contributed by atoms with van der Waals surface area (Å²) in [7, 11) is 2.17. The van der Waals surface area contributed by atoms with Gasteiger partial charge < -0.3 is 10.6 Å². The summed E-state index contributed by atoms with van der Waals surface area (Å²) in [6.07, 6.45) is 2.66. The van der Waals surface area contributed by atoms with Crippen molar-refractivity contribution in [2.75, 3.05) is 26.7 Å². The van der Waals surface area contributed by atoms with Crippen molar-refractivity contribution in [2.45, 2.75) is 45.7 Å². The second-order valence-corrected chi connectivity index (χ2v) is 5.57. The zero-order chi connectivity index (χ0) is 12.8. The molecule has 0 radical (unpaired) electrons. The topological polar surface area (TPSA) is 44.4 Å². The molecule has 1 amide bonds. The van der Waals surface area contributed by atoms with E-state index in [1.807, 2.05) is 0 Å². The summed E-state index contributed by atoms with van der Waals surface area (Å²) in [5.74, 6) is 0.610. The Morgan fingerprint density at radius 1 is 1.29 bits per heavy atom. The minimum absolute atomic E-state index is 0.0972. The van der Waals surface area contributed by atoms with Crippen molar-refractivity contribution in [1.82, 2.24) is 15.5 Å². The van der Waals surface area contributed by atoms with Crippen LogP contribution in [0.2, 0.25) is 0 Å². The third-order valence-corrected chi connectivity index (χ3v) is 3.25. The van der Waals surface area contributed by atoms with E-state index in [1.54, 1.807) is 0 Å². The molecule has 1 saturated carbocycles. The quantitative estimate of drug-likeness (QED) is 0.661. The molecule has 0 heterocycles. The zero-order valence-corrected chi connectivity index (χ0v) is 11.6. The molecule has 1 rings (SSSR count). The van der Waals surface area contributed by atoms with Gasteiger partial charge in [0.05, 0.1) is 6.54 Å². The molecule has 1 atom stereocenters. The lowest BCUT2D eigenvalue weighted by atomic mass is 10.2. The first kappa shape index (κ1) is 14.5. The molecule has 17 heavy (non-hydrogen) atoms. The lowest BCUT2D eigenvalue weighted by Gasteiger charge is -2.24. The van der Waals surface area contributed by atoms with Gasteiger partial charge in [0, 0.05) is 25.2 Å². The smallest absolute Gasteiger partial charge is 0.233 e. The van der Waals surface area contributed by atoms with E-state index >= 15 is 0 Å². The number of rotatable bonds is 8. The van der Waals surface area contributed by atoms with Gasteiger partial charge in [-0.3, -0.25) is 9.69 Å². The van der Waals surface area contributed by atoms with E-state index in [9.17, 15) is 4.79 Å². The number of carbonyl (C=O) groups is 1. The van der Waals surface area contributed by atoms with Crippen molar-refractivity contribution in [3.05, 3.63) is 0 Å². The Morgan fingerprint density at radius 2 is 1.94 bits per heavy atom. The Labute approximate surface area is 105 Å². The molecule has 0 saturated heterocycles. The molecule has 1 unspecified atom stereocenters. The molecule has 100 valence electrons. The van der Waals surface area contributed by atoms with Crippen LogP contribution in [0.25, 0.3) is 0 Å². The fourth-order valence-electron chi connectivity index (χ4n) is 1.76. The standard InChI is InChI=1S/C13H27N3O/c1-10(2)7-15-13(17)9-14-8-11(3)16(4)12-5-6-12/h10-12,14H,5-9H2,1-4H3,(H,15,17). The number of nitrogens with zero attached hydrogens (tertiary/aromatic N) is 1. The molecule has 4 nitrogen and oxygen atoms in total. The van der Waals surface area contributed by atoms with E-state index in [0.29, 0.717) is 18.5 Å². The van der Waals surface area contributed by atoms with Crippen LogP contribution < -0.4 is 10.6 Å². The maximum atomic E-state index is 11.5. The van der Waals surface area contributed by atoms with Gasteiger partial charge in [-0.05, 0) is 32.7 Å². The molecule has 0 aromatic rings. The summed E-state index contributed by atoms with van der Waals surface area (Å²) in [5.41, 5.74) is 0. The first-order valence-corrected chi connectivity index (χ1v) is 6.70. The summed E-state index contributed by atoms with van der Waals surface area (Å²) >= 11 is 0. The molecule has 0 aliphatic heterocycles. The maximum Gasteiger partial charge on any atom is 0.233 e. The molecule has 1 fully saturated rings. The molecule has 4 heteroatoms. The van der Waals surface area contributed by atoms with Gasteiger partial charge in [-0.25, -0.2) is 0 Å². The van der Waals surface area contributed by atoms with Crippen molar-refractivity contribution in [3.8, 4) is 0 Å². The van der Waals surface area contributed by atoms with Gasteiger partial charge >= 0.3 is 0 Å². The van der Waals surface area contributed by atoms with Gasteiger partial charge in [0.25, 0.3) is 0 Å². The first-order chi connectivity index (χ1) is 8.00. The van der Waals surface area contributed by atoms with Gasteiger partial charge in [-0.15, -0.1) is 0 Å². The first-order valence-electron chi connectivity index (χ1n) is 6.70. The predicted molar refractivity (Wildman–Crippen MR) is 71.0 cm³/mol. The van der Waals surface area contributed by atoms with Crippen LogP contribution >= 0.6 is 0 Å². The van der Waals surface area contributed by atoms with Crippen LogP contribution in [-0.4, -0.2) is 49.6 Å². The lowest BCUT2D eigenvalue weighted by molar-refractivity contribution is -0.120. The van der Waals surface area contributed by atoms with Gasteiger partial charge in [0.2, 0.25) is 5.91 Å². The number of carbonyl (C=O) groups excluding carboxylic acids is 1. The molecular formula is C13H27N3O. The highest BCUT2D eigenvalue weighted by Crippen LogP contribution is 2.26. The molecule has 1 aliphatic carbocycles. The summed E-state index contributed by atoms with van der Waals surface area (Å²) in [6.45, 7) is 8.47. The van der Waals surface area contributed by atoms with Crippen molar-refractivity contribution in [2.24, 2.45) is 5.92 Å². The Morgan fingerprint density at radius 3 is 2.47 bits per heavy atom. The maximum absolute atomic E-state index is 11.5. The summed E-state index contributed by atoms with van der Waals surface area (Å²) in [6, 6.07) is 1.28. The Balaban J connectivity index is 2.03.